The molecule has 2 heterocycles. The lowest BCUT2D eigenvalue weighted by molar-refractivity contribution is -0.274. The first-order valence-electron chi connectivity index (χ1n) is 12.4. The third-order valence-corrected chi connectivity index (χ3v) is 8.50. The van der Waals surface area contributed by atoms with Crippen LogP contribution in [-0.4, -0.2) is 98.4 Å². The first-order chi connectivity index (χ1) is 17.8. The van der Waals surface area contributed by atoms with Gasteiger partial charge in [-0.2, -0.15) is 4.31 Å². The van der Waals surface area contributed by atoms with Crippen LogP contribution >= 0.6 is 0 Å². The molecule has 2 aliphatic rings. The third kappa shape index (κ3) is 6.97. The first-order valence-corrected chi connectivity index (χ1v) is 14.3. The fraction of sp³-hybridized carbons (Fsp3) is 0.500. The number of urea groups is 1. The molecule has 0 aromatic heterocycles. The van der Waals surface area contributed by atoms with Gasteiger partial charge in [0.15, 0.2) is 0 Å². The summed E-state index contributed by atoms with van der Waals surface area (Å²) in [5.41, 5.74) is 3.07. The number of carbonyl (C=O) groups excluding carboxylic acids is 1. The Balaban J connectivity index is 1.47. The van der Waals surface area contributed by atoms with Crippen LogP contribution < -0.4 is 4.74 Å². The highest BCUT2D eigenvalue weighted by Crippen LogP contribution is 2.33. The molecular formula is C26H33F3N4O4S. The van der Waals surface area contributed by atoms with Gasteiger partial charge in [-0.05, 0) is 37.2 Å². The minimum atomic E-state index is -4.74. The van der Waals surface area contributed by atoms with Crippen molar-refractivity contribution in [1.82, 2.24) is 19.0 Å². The minimum Gasteiger partial charge on any atom is -0.406 e. The summed E-state index contributed by atoms with van der Waals surface area (Å²) in [6.07, 6.45) is -3.56. The van der Waals surface area contributed by atoms with Crippen LogP contribution in [0.15, 0.2) is 48.5 Å². The smallest absolute Gasteiger partial charge is 0.406 e. The number of hydrogen-bond donors (Lipinski definition) is 0. The summed E-state index contributed by atoms with van der Waals surface area (Å²) in [4.78, 5) is 19.1. The quantitative estimate of drug-likeness (QED) is 0.547. The zero-order valence-electron chi connectivity index (χ0n) is 21.7. The second-order valence-electron chi connectivity index (χ2n) is 10.0. The monoisotopic (exact) mass is 554 g/mol. The number of likely N-dealkylation sites (N-methyl/N-ethyl adjacent to an activating group) is 1. The Hall–Kier alpha value is -2.83. The number of piperazine rings is 1. The van der Waals surface area contributed by atoms with Crippen LogP contribution in [0.3, 0.4) is 0 Å². The summed E-state index contributed by atoms with van der Waals surface area (Å²) in [6, 6.07) is 13.9. The summed E-state index contributed by atoms with van der Waals surface area (Å²) < 4.78 is 66.5. The third-order valence-electron chi connectivity index (χ3n) is 7.20. The molecule has 208 valence electrons. The van der Waals surface area contributed by atoms with Gasteiger partial charge in [-0.25, -0.2) is 13.2 Å². The Morgan fingerprint density at radius 2 is 1.58 bits per heavy atom. The van der Waals surface area contributed by atoms with Crippen LogP contribution in [-0.2, 0) is 16.6 Å². The molecule has 2 aromatic carbocycles. The lowest BCUT2D eigenvalue weighted by atomic mass is 9.92. The second kappa shape index (κ2) is 11.1. The van der Waals surface area contributed by atoms with E-state index in [0.717, 1.165) is 16.7 Å². The summed E-state index contributed by atoms with van der Waals surface area (Å²) in [7, 11) is -1.34. The van der Waals surface area contributed by atoms with Crippen LogP contribution in [0.1, 0.15) is 22.6 Å². The number of ether oxygens (including phenoxy) is 1. The maximum absolute atomic E-state index is 13.4. The molecule has 8 nitrogen and oxygen atoms in total. The van der Waals surface area contributed by atoms with E-state index >= 15 is 0 Å². The van der Waals surface area contributed by atoms with Crippen molar-refractivity contribution in [2.24, 2.45) is 0 Å². The Bertz CT molecular complexity index is 1210. The van der Waals surface area contributed by atoms with Crippen molar-refractivity contribution in [3.8, 4) is 5.75 Å². The van der Waals surface area contributed by atoms with E-state index in [4.69, 9.17) is 0 Å². The SMILES string of the molecule is Cc1ccc([C@H]2CN(C(=O)N3CCN(S(C)(=O)=O)CC3)CC2N(C)Cc2ccc(OC(F)(F)F)cc2)cc1. The molecular weight excluding hydrogens is 521 g/mol. The molecule has 38 heavy (non-hydrogen) atoms. The molecule has 2 aliphatic heterocycles. The number of carbonyl (C=O) groups is 1. The maximum Gasteiger partial charge on any atom is 0.573 e. The molecule has 2 fully saturated rings. The number of hydrogen-bond acceptors (Lipinski definition) is 5. The lowest BCUT2D eigenvalue weighted by Crippen LogP contribution is -2.53. The maximum atomic E-state index is 13.4. The van der Waals surface area contributed by atoms with Gasteiger partial charge in [0.1, 0.15) is 5.75 Å². The van der Waals surface area contributed by atoms with Crippen molar-refractivity contribution in [2.75, 3.05) is 52.6 Å². The van der Waals surface area contributed by atoms with E-state index in [1.165, 1.54) is 22.7 Å². The van der Waals surface area contributed by atoms with Crippen molar-refractivity contribution in [3.63, 3.8) is 0 Å². The molecule has 2 atom stereocenters. The molecule has 0 spiro atoms. The molecule has 0 saturated carbocycles. The molecule has 0 aliphatic carbocycles. The number of sulfonamides is 1. The van der Waals surface area contributed by atoms with E-state index in [1.807, 2.05) is 31.0 Å². The normalized spacial score (nSPS) is 21.2. The van der Waals surface area contributed by atoms with Crippen LogP contribution in [0.4, 0.5) is 18.0 Å². The van der Waals surface area contributed by atoms with Gasteiger partial charge in [-0.15, -0.1) is 13.2 Å². The predicted octanol–water partition coefficient (Wildman–Crippen LogP) is 3.49. The molecule has 2 amide bonds. The van der Waals surface area contributed by atoms with Crippen LogP contribution in [0.5, 0.6) is 5.75 Å². The van der Waals surface area contributed by atoms with E-state index in [0.29, 0.717) is 32.7 Å². The zero-order valence-corrected chi connectivity index (χ0v) is 22.5. The molecule has 0 radical (unpaired) electrons. The minimum absolute atomic E-state index is 0.0231. The lowest BCUT2D eigenvalue weighted by Gasteiger charge is -2.35. The largest absolute Gasteiger partial charge is 0.573 e. The molecule has 12 heteroatoms. The van der Waals surface area contributed by atoms with E-state index in [2.05, 4.69) is 21.8 Å². The van der Waals surface area contributed by atoms with Gasteiger partial charge in [-0.3, -0.25) is 4.90 Å². The number of rotatable bonds is 6. The molecule has 2 saturated heterocycles. The number of amides is 2. The molecule has 4 rings (SSSR count). The summed E-state index contributed by atoms with van der Waals surface area (Å²) in [5, 5.41) is 0. The number of halogens is 3. The van der Waals surface area contributed by atoms with E-state index in [1.54, 1.807) is 17.0 Å². The molecule has 2 aromatic rings. The van der Waals surface area contributed by atoms with E-state index in [-0.39, 0.29) is 36.8 Å². The Labute approximate surface area is 221 Å². The van der Waals surface area contributed by atoms with Gasteiger partial charge < -0.3 is 14.5 Å². The number of nitrogens with zero attached hydrogens (tertiary/aromatic N) is 4. The molecule has 0 N–H and O–H groups in total. The molecule has 1 unspecified atom stereocenters. The topological polar surface area (TPSA) is 73.4 Å². The summed E-state index contributed by atoms with van der Waals surface area (Å²) >= 11 is 0. The second-order valence-corrected chi connectivity index (χ2v) is 12.0. The van der Waals surface area contributed by atoms with Gasteiger partial charge in [-0.1, -0.05) is 42.0 Å². The average Bonchev–Trinajstić information content (AvgIpc) is 3.29. The fourth-order valence-electron chi connectivity index (χ4n) is 5.14. The van der Waals surface area contributed by atoms with E-state index < -0.39 is 16.4 Å². The number of likely N-dealkylation sites (tertiary alicyclic amines) is 1. The summed E-state index contributed by atoms with van der Waals surface area (Å²) in [5.74, 6) is -0.232. The highest BCUT2D eigenvalue weighted by molar-refractivity contribution is 7.88. The first kappa shape index (κ1) is 28.2. The van der Waals surface area contributed by atoms with Crippen LogP contribution in [0.25, 0.3) is 0 Å². The van der Waals surface area contributed by atoms with Gasteiger partial charge in [0.25, 0.3) is 0 Å². The van der Waals surface area contributed by atoms with Gasteiger partial charge in [0.05, 0.1) is 6.26 Å². The fourth-order valence-corrected chi connectivity index (χ4v) is 5.97. The van der Waals surface area contributed by atoms with Crippen molar-refractivity contribution in [3.05, 3.63) is 65.2 Å². The Morgan fingerprint density at radius 3 is 2.13 bits per heavy atom. The highest BCUT2D eigenvalue weighted by atomic mass is 32.2. The standard InChI is InChI=1S/C26H33F3N4O4S/c1-19-4-8-21(9-5-19)23-17-32(25(34)31-12-14-33(15-13-31)38(3,35)36)18-24(23)30(2)16-20-6-10-22(11-7-20)37-26(27,28)29/h4-11,23-24H,12-18H2,1-3H3/t23-,24?/m1/s1. The number of aryl methyl sites for hydroxylation is 1. The summed E-state index contributed by atoms with van der Waals surface area (Å²) in [6.45, 7) is 4.72. The van der Waals surface area contributed by atoms with Crippen molar-refractivity contribution in [2.45, 2.75) is 31.8 Å². The number of alkyl halides is 3. The highest BCUT2D eigenvalue weighted by Gasteiger charge is 2.40. The van der Waals surface area contributed by atoms with Crippen molar-refractivity contribution in [1.29, 1.82) is 0 Å². The van der Waals surface area contributed by atoms with Gasteiger partial charge >= 0.3 is 12.4 Å². The van der Waals surface area contributed by atoms with Gasteiger partial charge in [0.2, 0.25) is 10.0 Å². The van der Waals surface area contributed by atoms with Crippen molar-refractivity contribution < 1.29 is 31.1 Å². The van der Waals surface area contributed by atoms with Gasteiger partial charge in [0, 0.05) is 57.8 Å². The van der Waals surface area contributed by atoms with Crippen LogP contribution in [0, 0.1) is 6.92 Å². The van der Waals surface area contributed by atoms with E-state index in [9.17, 15) is 26.4 Å². The van der Waals surface area contributed by atoms with Crippen molar-refractivity contribution >= 4 is 16.1 Å². The average molecular weight is 555 g/mol. The Morgan fingerprint density at radius 1 is 0.974 bits per heavy atom. The Kier molecular flexibility index (Phi) is 8.24. The van der Waals surface area contributed by atoms with Crippen LogP contribution in [0.2, 0.25) is 0 Å². The predicted molar refractivity (Wildman–Crippen MR) is 137 cm³/mol. The molecule has 0 bridgehead atoms. The number of benzene rings is 2. The zero-order chi connectivity index (χ0) is 27.7.